The molecule has 1 amide bonds. The minimum atomic E-state index is -0.467. The van der Waals surface area contributed by atoms with Gasteiger partial charge >= 0.3 is 6.09 Å². The largest absolute Gasteiger partial charge is 0.444 e. The Morgan fingerprint density at radius 2 is 2.12 bits per heavy atom. The average molecular weight is 417 g/mol. The maximum Gasteiger partial charge on any atom is 0.410 e. The van der Waals surface area contributed by atoms with E-state index in [-0.39, 0.29) is 12.1 Å². The molecule has 0 radical (unpaired) electrons. The molecule has 138 valence electrons. The van der Waals surface area contributed by atoms with Crippen LogP contribution in [0.3, 0.4) is 0 Å². The number of carbonyl (C=O) groups excluding carboxylic acids is 1. The number of halogens is 1. The van der Waals surface area contributed by atoms with Crippen molar-refractivity contribution in [2.75, 3.05) is 6.54 Å². The monoisotopic (exact) mass is 416 g/mol. The first-order chi connectivity index (χ1) is 12.3. The normalized spacial score (nSPS) is 22.2. The smallest absolute Gasteiger partial charge is 0.410 e. The predicted octanol–water partition coefficient (Wildman–Crippen LogP) is 5.35. The standard InChI is InChI=1S/C21H25BrN2O2/c1-21(2,3)26-20(25)24-10-4-5-19(24)18-12-16-15-8-7-14(22)11-13(15)6-9-17(16)23-18/h7-8,11,19H,4-6,9-10,12H2,1-3H3. The van der Waals surface area contributed by atoms with Crippen molar-refractivity contribution in [1.82, 2.24) is 4.90 Å². The van der Waals surface area contributed by atoms with E-state index in [9.17, 15) is 4.79 Å². The number of likely N-dealkylation sites (tertiary alicyclic amines) is 1. The molecule has 2 aliphatic heterocycles. The fraction of sp³-hybridized carbons (Fsp3) is 0.524. The summed E-state index contributed by atoms with van der Waals surface area (Å²) in [6, 6.07) is 6.61. The van der Waals surface area contributed by atoms with E-state index in [0.717, 1.165) is 48.8 Å². The summed E-state index contributed by atoms with van der Waals surface area (Å²) in [5.74, 6) is 0. The maximum atomic E-state index is 12.6. The number of carbonyl (C=O) groups is 1. The summed E-state index contributed by atoms with van der Waals surface area (Å²) < 4.78 is 6.74. The number of aryl methyl sites for hydroxylation is 1. The first-order valence-electron chi connectivity index (χ1n) is 9.40. The molecule has 2 heterocycles. The molecule has 3 aliphatic rings. The number of fused-ring (bicyclic) bond motifs is 2. The van der Waals surface area contributed by atoms with Crippen LogP contribution in [-0.2, 0) is 11.2 Å². The Morgan fingerprint density at radius 3 is 2.88 bits per heavy atom. The van der Waals surface area contributed by atoms with Crippen molar-refractivity contribution in [3.05, 3.63) is 39.5 Å². The summed E-state index contributed by atoms with van der Waals surface area (Å²) in [5, 5.41) is 0. The first-order valence-corrected chi connectivity index (χ1v) is 10.2. The fourth-order valence-electron chi connectivity index (χ4n) is 4.18. The van der Waals surface area contributed by atoms with Crippen molar-refractivity contribution < 1.29 is 9.53 Å². The second kappa shape index (κ2) is 6.52. The molecule has 26 heavy (non-hydrogen) atoms. The van der Waals surface area contributed by atoms with Crippen LogP contribution in [0.5, 0.6) is 0 Å². The van der Waals surface area contributed by atoms with Gasteiger partial charge in [0.15, 0.2) is 0 Å². The molecule has 1 unspecified atom stereocenters. The second-order valence-corrected chi connectivity index (χ2v) is 9.25. The Balaban J connectivity index is 1.54. The molecule has 0 spiro atoms. The minimum absolute atomic E-state index is 0.0781. The Kier molecular flexibility index (Phi) is 4.46. The van der Waals surface area contributed by atoms with Crippen molar-refractivity contribution >= 4 is 33.3 Å². The van der Waals surface area contributed by atoms with E-state index >= 15 is 0 Å². The third kappa shape index (κ3) is 3.34. The third-order valence-electron chi connectivity index (χ3n) is 5.27. The predicted molar refractivity (Wildman–Crippen MR) is 107 cm³/mol. The minimum Gasteiger partial charge on any atom is -0.444 e. The van der Waals surface area contributed by atoms with Crippen molar-refractivity contribution in [3.8, 4) is 0 Å². The van der Waals surface area contributed by atoms with E-state index in [1.54, 1.807) is 0 Å². The van der Waals surface area contributed by atoms with Crippen LogP contribution >= 0.6 is 15.9 Å². The number of rotatable bonds is 1. The van der Waals surface area contributed by atoms with Gasteiger partial charge in [0.2, 0.25) is 0 Å². The van der Waals surface area contributed by atoms with Crippen LogP contribution in [0.25, 0.3) is 5.57 Å². The highest BCUT2D eigenvalue weighted by molar-refractivity contribution is 9.10. The van der Waals surface area contributed by atoms with Crippen molar-refractivity contribution in [2.45, 2.75) is 64.5 Å². The molecule has 1 aromatic carbocycles. The SMILES string of the molecule is CC(C)(C)OC(=O)N1CCCC1C1=NC2=C(C1)c1ccc(Br)cc1CC2. The topological polar surface area (TPSA) is 41.9 Å². The van der Waals surface area contributed by atoms with E-state index in [4.69, 9.17) is 9.73 Å². The summed E-state index contributed by atoms with van der Waals surface area (Å²) in [6.45, 7) is 6.50. The lowest BCUT2D eigenvalue weighted by Crippen LogP contribution is -2.43. The highest BCUT2D eigenvalue weighted by Gasteiger charge is 2.38. The summed E-state index contributed by atoms with van der Waals surface area (Å²) in [4.78, 5) is 19.5. The molecule has 1 aromatic rings. The molecule has 0 aromatic heterocycles. The molecule has 0 bridgehead atoms. The van der Waals surface area contributed by atoms with Gasteiger partial charge in [0.25, 0.3) is 0 Å². The van der Waals surface area contributed by atoms with Gasteiger partial charge in [-0.25, -0.2) is 4.79 Å². The second-order valence-electron chi connectivity index (χ2n) is 8.34. The molecular weight excluding hydrogens is 392 g/mol. The van der Waals surface area contributed by atoms with Gasteiger partial charge in [-0.15, -0.1) is 0 Å². The molecular formula is C21H25BrN2O2. The lowest BCUT2D eigenvalue weighted by Gasteiger charge is -2.28. The van der Waals surface area contributed by atoms with E-state index in [2.05, 4.69) is 34.1 Å². The summed E-state index contributed by atoms with van der Waals surface area (Å²) in [7, 11) is 0. The van der Waals surface area contributed by atoms with Gasteiger partial charge < -0.3 is 4.74 Å². The molecule has 1 saturated heterocycles. The zero-order valence-electron chi connectivity index (χ0n) is 15.6. The maximum absolute atomic E-state index is 12.6. The summed E-state index contributed by atoms with van der Waals surface area (Å²) >= 11 is 3.57. The number of nitrogens with zero attached hydrogens (tertiary/aromatic N) is 2. The summed E-state index contributed by atoms with van der Waals surface area (Å²) in [6.07, 6.45) is 4.65. The zero-order chi connectivity index (χ0) is 18.5. The van der Waals surface area contributed by atoms with Crippen LogP contribution in [0.4, 0.5) is 4.79 Å². The van der Waals surface area contributed by atoms with Crippen LogP contribution in [-0.4, -0.2) is 34.9 Å². The van der Waals surface area contributed by atoms with Crippen molar-refractivity contribution in [3.63, 3.8) is 0 Å². The fourth-order valence-corrected chi connectivity index (χ4v) is 4.59. The van der Waals surface area contributed by atoms with Gasteiger partial charge in [-0.05, 0) is 75.3 Å². The van der Waals surface area contributed by atoms with Gasteiger partial charge in [-0.2, -0.15) is 0 Å². The van der Waals surface area contributed by atoms with Crippen molar-refractivity contribution in [2.24, 2.45) is 4.99 Å². The van der Waals surface area contributed by atoms with Gasteiger partial charge in [0.1, 0.15) is 5.60 Å². The van der Waals surface area contributed by atoms with Crippen LogP contribution in [0.2, 0.25) is 0 Å². The highest BCUT2D eigenvalue weighted by atomic mass is 79.9. The Morgan fingerprint density at radius 1 is 1.31 bits per heavy atom. The van der Waals surface area contributed by atoms with E-state index in [0.29, 0.717) is 0 Å². The van der Waals surface area contributed by atoms with Gasteiger partial charge in [0, 0.05) is 28.8 Å². The Hall–Kier alpha value is -1.62. The van der Waals surface area contributed by atoms with Gasteiger partial charge in [-0.1, -0.05) is 22.0 Å². The number of ether oxygens (including phenoxy) is 1. The quantitative estimate of drug-likeness (QED) is 0.618. The van der Waals surface area contributed by atoms with E-state index < -0.39 is 5.60 Å². The van der Waals surface area contributed by atoms with Crippen LogP contribution in [0.1, 0.15) is 57.6 Å². The molecule has 4 rings (SSSR count). The Labute approximate surface area is 163 Å². The van der Waals surface area contributed by atoms with Crippen LogP contribution in [0.15, 0.2) is 33.4 Å². The lowest BCUT2D eigenvalue weighted by molar-refractivity contribution is 0.0265. The number of amides is 1. The number of benzene rings is 1. The van der Waals surface area contributed by atoms with Crippen LogP contribution < -0.4 is 0 Å². The molecule has 5 heteroatoms. The molecule has 0 N–H and O–H groups in total. The first kappa shape index (κ1) is 17.8. The average Bonchev–Trinajstić information content (AvgIpc) is 3.19. The Bertz CT molecular complexity index is 820. The molecule has 1 aliphatic carbocycles. The zero-order valence-corrected chi connectivity index (χ0v) is 17.2. The summed E-state index contributed by atoms with van der Waals surface area (Å²) in [5.41, 5.74) is 5.95. The van der Waals surface area contributed by atoms with E-state index in [1.165, 1.54) is 22.4 Å². The molecule has 1 atom stereocenters. The highest BCUT2D eigenvalue weighted by Crippen LogP contribution is 2.41. The third-order valence-corrected chi connectivity index (χ3v) is 5.77. The van der Waals surface area contributed by atoms with Gasteiger partial charge in [-0.3, -0.25) is 9.89 Å². The number of hydrogen-bond acceptors (Lipinski definition) is 3. The molecule has 0 saturated carbocycles. The lowest BCUT2D eigenvalue weighted by atomic mass is 9.87. The van der Waals surface area contributed by atoms with E-state index in [1.807, 2.05) is 25.7 Å². The van der Waals surface area contributed by atoms with Crippen LogP contribution in [0, 0.1) is 0 Å². The number of hydrogen-bond donors (Lipinski definition) is 0. The van der Waals surface area contributed by atoms with Crippen molar-refractivity contribution in [1.29, 1.82) is 0 Å². The molecule has 4 nitrogen and oxygen atoms in total. The molecule has 1 fully saturated rings. The number of aliphatic imine (C=N–C) groups is 1. The van der Waals surface area contributed by atoms with Gasteiger partial charge in [0.05, 0.1) is 6.04 Å². The number of allylic oxidation sites excluding steroid dienone is 2.